The fourth-order valence-corrected chi connectivity index (χ4v) is 5.22. The number of hydrogen-bond acceptors (Lipinski definition) is 5. The average molecular weight is 469 g/mol. The third-order valence-corrected chi connectivity index (χ3v) is 7.03. The van der Waals surface area contributed by atoms with Crippen molar-refractivity contribution in [2.45, 2.75) is 50.4 Å². The second-order valence-corrected chi connectivity index (χ2v) is 9.45. The minimum atomic E-state index is -0.783. The van der Waals surface area contributed by atoms with Gasteiger partial charge in [-0.3, -0.25) is 0 Å². The zero-order valence-corrected chi connectivity index (χ0v) is 18.6. The summed E-state index contributed by atoms with van der Waals surface area (Å²) in [6, 6.07) is 7.01. The molecule has 1 aromatic carbocycles. The summed E-state index contributed by atoms with van der Waals surface area (Å²) in [5.41, 5.74) is 1.43. The van der Waals surface area contributed by atoms with E-state index in [2.05, 4.69) is 9.97 Å². The maximum absolute atomic E-state index is 11.2. The van der Waals surface area contributed by atoms with Gasteiger partial charge in [0.15, 0.2) is 5.79 Å². The summed E-state index contributed by atoms with van der Waals surface area (Å²) in [6.45, 7) is 3.77. The molecule has 0 radical (unpaired) electrons. The molecule has 1 aliphatic carbocycles. The number of nitrogens with zero attached hydrogens (tertiary/aromatic N) is 3. The first kappa shape index (κ1) is 20.5. The number of ether oxygens (including phenoxy) is 2. The van der Waals surface area contributed by atoms with Crippen molar-refractivity contribution in [3.63, 3.8) is 0 Å². The Balaban J connectivity index is 1.54. The van der Waals surface area contributed by atoms with E-state index in [1.54, 1.807) is 18.2 Å². The number of halogens is 3. The van der Waals surface area contributed by atoms with Crippen LogP contribution in [0, 0.1) is 5.92 Å². The lowest BCUT2D eigenvalue weighted by Crippen LogP contribution is -2.29. The molecular weight excluding hydrogens is 449 g/mol. The highest BCUT2D eigenvalue weighted by molar-refractivity contribution is 6.42. The van der Waals surface area contributed by atoms with E-state index >= 15 is 0 Å². The summed E-state index contributed by atoms with van der Waals surface area (Å²) in [6.07, 6.45) is 2.71. The largest absolute Gasteiger partial charge is 0.388 e. The molecule has 0 bridgehead atoms. The Kier molecular flexibility index (Phi) is 5.01. The molecular formula is C21H20Cl3N3O3. The molecule has 158 valence electrons. The normalized spacial score (nSPS) is 28.7. The van der Waals surface area contributed by atoms with E-state index in [0.29, 0.717) is 27.2 Å². The van der Waals surface area contributed by atoms with Crippen molar-refractivity contribution in [2.75, 3.05) is 0 Å². The number of rotatable bonds is 3. The molecule has 1 unspecified atom stereocenters. The second-order valence-electron chi connectivity index (χ2n) is 8.27. The number of fused-ring (bicyclic) bond motifs is 2. The Bertz CT molecular complexity index is 1120. The third-order valence-electron chi connectivity index (χ3n) is 5.99. The first-order chi connectivity index (χ1) is 14.2. The number of hydrogen-bond donors (Lipinski definition) is 1. The first-order valence-electron chi connectivity index (χ1n) is 9.71. The molecule has 2 aliphatic rings. The predicted molar refractivity (Wildman–Crippen MR) is 115 cm³/mol. The molecule has 2 fully saturated rings. The molecule has 9 heteroatoms. The van der Waals surface area contributed by atoms with Crippen LogP contribution in [-0.4, -0.2) is 37.6 Å². The molecule has 5 atom stereocenters. The summed E-state index contributed by atoms with van der Waals surface area (Å²) < 4.78 is 14.6. The zero-order chi connectivity index (χ0) is 21.2. The van der Waals surface area contributed by atoms with Crippen molar-refractivity contribution >= 4 is 45.8 Å². The van der Waals surface area contributed by atoms with Gasteiger partial charge in [-0.15, -0.1) is 0 Å². The third kappa shape index (κ3) is 3.30. The van der Waals surface area contributed by atoms with Gasteiger partial charge in [0.05, 0.1) is 33.7 Å². The predicted octanol–water partition coefficient (Wildman–Crippen LogP) is 5.21. The van der Waals surface area contributed by atoms with Crippen molar-refractivity contribution in [3.05, 3.63) is 57.6 Å². The fourth-order valence-electron chi connectivity index (χ4n) is 4.72. The molecule has 0 amide bonds. The van der Waals surface area contributed by atoms with E-state index in [1.807, 2.05) is 30.7 Å². The highest BCUT2D eigenvalue weighted by Gasteiger charge is 2.56. The topological polar surface area (TPSA) is 69.4 Å². The number of aliphatic hydroxyl groups excluding tert-OH is 1. The van der Waals surface area contributed by atoms with Crippen LogP contribution in [0.15, 0.2) is 36.8 Å². The van der Waals surface area contributed by atoms with E-state index in [9.17, 15) is 5.11 Å². The van der Waals surface area contributed by atoms with E-state index in [0.717, 1.165) is 11.0 Å². The molecule has 1 aliphatic heterocycles. The Morgan fingerprint density at radius 1 is 1.10 bits per heavy atom. The van der Waals surface area contributed by atoms with Gasteiger partial charge in [-0.2, -0.15) is 0 Å². The maximum atomic E-state index is 11.2. The van der Waals surface area contributed by atoms with Crippen molar-refractivity contribution in [1.29, 1.82) is 0 Å². The van der Waals surface area contributed by atoms with Gasteiger partial charge in [0.25, 0.3) is 0 Å². The van der Waals surface area contributed by atoms with Crippen LogP contribution in [0.25, 0.3) is 11.0 Å². The van der Waals surface area contributed by atoms with Crippen LogP contribution in [0.2, 0.25) is 15.2 Å². The minimum absolute atomic E-state index is 0.0809. The summed E-state index contributed by atoms with van der Waals surface area (Å²) >= 11 is 18.5. The lowest BCUT2D eigenvalue weighted by molar-refractivity contribution is -0.165. The van der Waals surface area contributed by atoms with Crippen LogP contribution in [0.4, 0.5) is 0 Å². The second kappa shape index (κ2) is 7.33. The Hall–Kier alpha value is -1.41. The van der Waals surface area contributed by atoms with E-state index in [4.69, 9.17) is 44.3 Å². The molecule has 2 aromatic heterocycles. The summed E-state index contributed by atoms with van der Waals surface area (Å²) in [4.78, 5) is 8.48. The van der Waals surface area contributed by atoms with Crippen LogP contribution in [0.3, 0.4) is 0 Å². The van der Waals surface area contributed by atoms with E-state index in [1.165, 1.54) is 6.33 Å². The van der Waals surface area contributed by atoms with Gasteiger partial charge in [-0.1, -0.05) is 40.9 Å². The van der Waals surface area contributed by atoms with Crippen LogP contribution in [-0.2, 0) is 9.47 Å². The zero-order valence-electron chi connectivity index (χ0n) is 16.3. The monoisotopic (exact) mass is 467 g/mol. The van der Waals surface area contributed by atoms with Crippen LogP contribution in [0.1, 0.15) is 38.0 Å². The van der Waals surface area contributed by atoms with Crippen molar-refractivity contribution < 1.29 is 14.6 Å². The van der Waals surface area contributed by atoms with Gasteiger partial charge < -0.3 is 19.1 Å². The molecule has 1 saturated heterocycles. The molecule has 3 aromatic rings. The van der Waals surface area contributed by atoms with Gasteiger partial charge in [-0.25, -0.2) is 9.97 Å². The van der Waals surface area contributed by atoms with E-state index in [-0.39, 0.29) is 24.2 Å². The Morgan fingerprint density at radius 3 is 2.63 bits per heavy atom. The highest BCUT2D eigenvalue weighted by atomic mass is 35.5. The Morgan fingerprint density at radius 2 is 1.87 bits per heavy atom. The standard InChI is InChI=1S/C21H20Cl3N3O3/c1-21(2)29-17-12(16(28)10-3-4-13(22)14(23)7-10)8-15(18(17)30-21)27-6-5-11-19(24)25-9-26-20(11)27/h3-7,9,12,15-18,28H,8H2,1-2H3/t12-,15-,16?,17-,18+/m1/s1. The highest BCUT2D eigenvalue weighted by Crippen LogP contribution is 2.51. The van der Waals surface area contributed by atoms with E-state index < -0.39 is 11.9 Å². The molecule has 6 nitrogen and oxygen atoms in total. The van der Waals surface area contributed by atoms with Crippen LogP contribution < -0.4 is 0 Å². The van der Waals surface area contributed by atoms with Gasteiger partial charge >= 0.3 is 0 Å². The van der Waals surface area contributed by atoms with Crippen LogP contribution in [0.5, 0.6) is 0 Å². The fraction of sp³-hybridized carbons (Fsp3) is 0.429. The number of aromatic nitrogens is 3. The quantitative estimate of drug-likeness (QED) is 0.535. The number of benzene rings is 1. The average Bonchev–Trinajstić information content (AvgIpc) is 3.34. The summed E-state index contributed by atoms with van der Waals surface area (Å²) in [5.74, 6) is -0.951. The molecule has 3 heterocycles. The molecule has 5 rings (SSSR count). The maximum Gasteiger partial charge on any atom is 0.163 e. The molecule has 0 spiro atoms. The summed E-state index contributed by atoms with van der Waals surface area (Å²) in [5, 5.41) is 13.3. The van der Waals surface area contributed by atoms with Gasteiger partial charge in [0.1, 0.15) is 23.2 Å². The molecule has 1 N–H and O–H groups in total. The lowest BCUT2D eigenvalue weighted by atomic mass is 9.92. The lowest BCUT2D eigenvalue weighted by Gasteiger charge is -2.27. The van der Waals surface area contributed by atoms with Gasteiger partial charge in [0, 0.05) is 12.1 Å². The minimum Gasteiger partial charge on any atom is -0.388 e. The van der Waals surface area contributed by atoms with Gasteiger partial charge in [-0.05, 0) is 44.0 Å². The molecule has 30 heavy (non-hydrogen) atoms. The smallest absolute Gasteiger partial charge is 0.163 e. The van der Waals surface area contributed by atoms with Crippen LogP contribution >= 0.6 is 34.8 Å². The SMILES string of the molecule is CC1(C)O[C@@H]2[C@H](O1)[C@@H](C(O)c1ccc(Cl)c(Cl)c1)C[C@H]2n1ccc2c(Cl)ncnc21. The van der Waals surface area contributed by atoms with Gasteiger partial charge in [0.2, 0.25) is 0 Å². The van der Waals surface area contributed by atoms with Crippen molar-refractivity contribution in [1.82, 2.24) is 14.5 Å². The Labute approximate surface area is 188 Å². The van der Waals surface area contributed by atoms with Crippen molar-refractivity contribution in [2.24, 2.45) is 5.92 Å². The van der Waals surface area contributed by atoms with Crippen molar-refractivity contribution in [3.8, 4) is 0 Å². The summed E-state index contributed by atoms with van der Waals surface area (Å²) in [7, 11) is 0. The number of aliphatic hydroxyl groups is 1. The molecule has 1 saturated carbocycles. The first-order valence-corrected chi connectivity index (χ1v) is 10.8.